The number of carbonyl (C=O) groups is 2. The van der Waals surface area contributed by atoms with E-state index in [-0.39, 0.29) is 36.3 Å². The molecule has 2 atom stereocenters. The third-order valence-electron chi connectivity index (χ3n) is 4.00. The maximum absolute atomic E-state index is 12.1. The molecule has 0 saturated carbocycles. The van der Waals surface area contributed by atoms with Gasteiger partial charge in [-0.15, -0.1) is 5.10 Å². The molecule has 0 spiro atoms. The highest BCUT2D eigenvalue weighted by Gasteiger charge is 2.21. The minimum Gasteiger partial charge on any atom is -0.373 e. The monoisotopic (exact) mass is 352 g/mol. The van der Waals surface area contributed by atoms with E-state index in [9.17, 15) is 9.59 Å². The van der Waals surface area contributed by atoms with Crippen LogP contribution in [-0.4, -0.2) is 89.1 Å². The van der Waals surface area contributed by atoms with Gasteiger partial charge < -0.3 is 15.0 Å². The standard InChI is InChI=1S/C16H28N6O3/c1-12-8-21(9-13(2)25-12)7-5-6-17-16(24)14-10-22(19-18-14)11-15(23)20(3)4/h10,12-13H,5-9,11H2,1-4H3,(H,17,24). The molecule has 1 aromatic heterocycles. The molecule has 1 saturated heterocycles. The van der Waals surface area contributed by atoms with Crippen molar-refractivity contribution < 1.29 is 14.3 Å². The predicted molar refractivity (Wildman–Crippen MR) is 92.1 cm³/mol. The summed E-state index contributed by atoms with van der Waals surface area (Å²) in [5.74, 6) is -0.377. The van der Waals surface area contributed by atoms with Crippen molar-refractivity contribution in [2.24, 2.45) is 0 Å². The fourth-order valence-corrected chi connectivity index (χ4v) is 2.82. The number of nitrogens with zero attached hydrogens (tertiary/aromatic N) is 5. The first-order valence-corrected chi connectivity index (χ1v) is 8.61. The molecule has 9 nitrogen and oxygen atoms in total. The predicted octanol–water partition coefficient (Wildman–Crippen LogP) is -0.405. The molecule has 2 unspecified atom stereocenters. The zero-order valence-electron chi connectivity index (χ0n) is 15.4. The van der Waals surface area contributed by atoms with Crippen LogP contribution in [0.4, 0.5) is 0 Å². The maximum atomic E-state index is 12.1. The molecule has 0 radical (unpaired) electrons. The van der Waals surface area contributed by atoms with Crippen LogP contribution in [0.1, 0.15) is 30.8 Å². The lowest BCUT2D eigenvalue weighted by atomic mass is 10.2. The van der Waals surface area contributed by atoms with Crippen molar-refractivity contribution in [3.8, 4) is 0 Å². The second-order valence-corrected chi connectivity index (χ2v) is 6.72. The van der Waals surface area contributed by atoms with Gasteiger partial charge in [-0.1, -0.05) is 5.21 Å². The SMILES string of the molecule is CC1CN(CCCNC(=O)c2cn(CC(=O)N(C)C)nn2)CC(C)O1. The average Bonchev–Trinajstić information content (AvgIpc) is 2.99. The molecule has 1 fully saturated rings. The van der Waals surface area contributed by atoms with Gasteiger partial charge in [0.15, 0.2) is 5.69 Å². The largest absolute Gasteiger partial charge is 0.373 e. The Kier molecular flexibility index (Phi) is 6.89. The lowest BCUT2D eigenvalue weighted by Gasteiger charge is -2.35. The summed E-state index contributed by atoms with van der Waals surface area (Å²) >= 11 is 0. The molecule has 1 aromatic rings. The summed E-state index contributed by atoms with van der Waals surface area (Å²) in [4.78, 5) is 27.5. The molecule has 1 N–H and O–H groups in total. The number of morpholine rings is 1. The number of carbonyl (C=O) groups excluding carboxylic acids is 2. The Morgan fingerprint density at radius 1 is 1.32 bits per heavy atom. The van der Waals surface area contributed by atoms with E-state index in [1.165, 1.54) is 15.8 Å². The van der Waals surface area contributed by atoms with Gasteiger partial charge >= 0.3 is 0 Å². The molecular formula is C16H28N6O3. The fraction of sp³-hybridized carbons (Fsp3) is 0.750. The number of likely N-dealkylation sites (N-methyl/N-ethyl adjacent to an activating group) is 1. The molecule has 140 valence electrons. The Bertz CT molecular complexity index is 578. The van der Waals surface area contributed by atoms with Crippen molar-refractivity contribution in [3.63, 3.8) is 0 Å². The van der Waals surface area contributed by atoms with Crippen LogP contribution in [0.2, 0.25) is 0 Å². The number of ether oxygens (including phenoxy) is 1. The first-order chi connectivity index (χ1) is 11.8. The van der Waals surface area contributed by atoms with Gasteiger partial charge in [-0.25, -0.2) is 4.68 Å². The fourth-order valence-electron chi connectivity index (χ4n) is 2.82. The van der Waals surface area contributed by atoms with Crippen molar-refractivity contribution >= 4 is 11.8 Å². The second-order valence-electron chi connectivity index (χ2n) is 6.72. The third-order valence-corrected chi connectivity index (χ3v) is 4.00. The molecule has 1 aliphatic heterocycles. The van der Waals surface area contributed by atoms with E-state index in [0.717, 1.165) is 26.1 Å². The molecule has 2 amide bonds. The van der Waals surface area contributed by atoms with Crippen molar-refractivity contribution in [2.75, 3.05) is 40.3 Å². The van der Waals surface area contributed by atoms with Gasteiger partial charge in [0.2, 0.25) is 5.91 Å². The van der Waals surface area contributed by atoms with Gasteiger partial charge in [-0.05, 0) is 20.3 Å². The number of nitrogens with one attached hydrogen (secondary N) is 1. The van der Waals surface area contributed by atoms with E-state index in [0.29, 0.717) is 6.54 Å². The number of hydrogen-bond donors (Lipinski definition) is 1. The molecule has 2 rings (SSSR count). The van der Waals surface area contributed by atoms with Crippen molar-refractivity contribution in [1.82, 2.24) is 30.1 Å². The first-order valence-electron chi connectivity index (χ1n) is 8.61. The lowest BCUT2D eigenvalue weighted by Crippen LogP contribution is -2.46. The van der Waals surface area contributed by atoms with Gasteiger partial charge in [0, 0.05) is 40.3 Å². The van der Waals surface area contributed by atoms with Gasteiger partial charge in [0.1, 0.15) is 6.54 Å². The molecule has 2 heterocycles. The minimum atomic E-state index is -0.271. The van der Waals surface area contributed by atoms with Gasteiger partial charge in [-0.3, -0.25) is 14.5 Å². The first kappa shape index (κ1) is 19.3. The quantitative estimate of drug-likeness (QED) is 0.671. The Morgan fingerprint density at radius 3 is 2.64 bits per heavy atom. The number of rotatable bonds is 7. The Balaban J connectivity index is 1.70. The second kappa shape index (κ2) is 8.91. The highest BCUT2D eigenvalue weighted by molar-refractivity contribution is 5.91. The smallest absolute Gasteiger partial charge is 0.273 e. The molecule has 1 aliphatic rings. The molecule has 0 aromatic carbocycles. The van der Waals surface area contributed by atoms with E-state index >= 15 is 0 Å². The molecular weight excluding hydrogens is 324 g/mol. The van der Waals surface area contributed by atoms with Crippen LogP contribution in [0.5, 0.6) is 0 Å². The summed E-state index contributed by atoms with van der Waals surface area (Å²) in [6.07, 6.45) is 2.84. The van der Waals surface area contributed by atoms with Crippen LogP contribution < -0.4 is 5.32 Å². The van der Waals surface area contributed by atoms with E-state index in [2.05, 4.69) is 34.4 Å². The van der Waals surface area contributed by atoms with Crippen LogP contribution in [0.15, 0.2) is 6.20 Å². The van der Waals surface area contributed by atoms with Crippen LogP contribution in [-0.2, 0) is 16.1 Å². The van der Waals surface area contributed by atoms with Crippen molar-refractivity contribution in [3.05, 3.63) is 11.9 Å². The van der Waals surface area contributed by atoms with Crippen molar-refractivity contribution in [2.45, 2.75) is 39.0 Å². The van der Waals surface area contributed by atoms with Crippen LogP contribution in [0.3, 0.4) is 0 Å². The van der Waals surface area contributed by atoms with Crippen LogP contribution >= 0.6 is 0 Å². The normalized spacial score (nSPS) is 21.1. The van der Waals surface area contributed by atoms with Crippen LogP contribution in [0, 0.1) is 0 Å². The summed E-state index contributed by atoms with van der Waals surface area (Å²) < 4.78 is 7.08. The molecule has 0 bridgehead atoms. The van der Waals surface area contributed by atoms with Gasteiger partial charge in [0.25, 0.3) is 5.91 Å². The van der Waals surface area contributed by atoms with Gasteiger partial charge in [0.05, 0.1) is 18.4 Å². The maximum Gasteiger partial charge on any atom is 0.273 e. The Labute approximate surface area is 148 Å². The Morgan fingerprint density at radius 2 is 2.00 bits per heavy atom. The number of aromatic nitrogens is 3. The zero-order valence-corrected chi connectivity index (χ0v) is 15.4. The third kappa shape index (κ3) is 6.09. The summed E-state index contributed by atoms with van der Waals surface area (Å²) in [5.41, 5.74) is 0.222. The van der Waals surface area contributed by atoms with E-state index < -0.39 is 0 Å². The number of hydrogen-bond acceptors (Lipinski definition) is 6. The Hall–Kier alpha value is -2.00. The minimum absolute atomic E-state index is 0.0701. The van der Waals surface area contributed by atoms with E-state index in [1.54, 1.807) is 14.1 Å². The summed E-state index contributed by atoms with van der Waals surface area (Å²) in [7, 11) is 3.34. The highest BCUT2D eigenvalue weighted by atomic mass is 16.5. The molecule has 9 heteroatoms. The summed E-state index contributed by atoms with van der Waals surface area (Å²) in [6.45, 7) is 7.56. The van der Waals surface area contributed by atoms with Crippen LogP contribution in [0.25, 0.3) is 0 Å². The zero-order chi connectivity index (χ0) is 18.4. The van der Waals surface area contributed by atoms with Gasteiger partial charge in [-0.2, -0.15) is 0 Å². The summed E-state index contributed by atoms with van der Waals surface area (Å²) in [5, 5.41) is 10.5. The molecule has 0 aliphatic carbocycles. The van der Waals surface area contributed by atoms with E-state index in [4.69, 9.17) is 4.74 Å². The topological polar surface area (TPSA) is 92.6 Å². The average molecular weight is 352 g/mol. The molecule has 25 heavy (non-hydrogen) atoms. The lowest BCUT2D eigenvalue weighted by molar-refractivity contribution is -0.129. The summed E-state index contributed by atoms with van der Waals surface area (Å²) in [6, 6.07) is 0. The highest BCUT2D eigenvalue weighted by Crippen LogP contribution is 2.10. The van der Waals surface area contributed by atoms with Crippen molar-refractivity contribution in [1.29, 1.82) is 0 Å². The van der Waals surface area contributed by atoms with E-state index in [1.807, 2.05) is 0 Å². The number of amides is 2.